The maximum absolute atomic E-state index is 11.6. The van der Waals surface area contributed by atoms with Gasteiger partial charge in [0, 0.05) is 0 Å². The van der Waals surface area contributed by atoms with Crippen molar-refractivity contribution in [1.82, 2.24) is 0 Å². The molecule has 2 unspecified atom stereocenters. The molecule has 1 heteroatoms. The van der Waals surface area contributed by atoms with E-state index in [9.17, 15) is 5.11 Å². The van der Waals surface area contributed by atoms with Gasteiger partial charge >= 0.3 is 0 Å². The van der Waals surface area contributed by atoms with Crippen molar-refractivity contribution in [3.8, 4) is 0 Å². The Balaban J connectivity index is 1.58. The SMILES string of the molecule is OC1(CC2CCCCC2)C2CCC1Cc1ccccc1C2. The lowest BCUT2D eigenvalue weighted by Crippen LogP contribution is -2.42. The largest absolute Gasteiger partial charge is 0.389 e. The Morgan fingerprint density at radius 2 is 1.43 bits per heavy atom. The maximum atomic E-state index is 11.6. The van der Waals surface area contributed by atoms with E-state index in [1.54, 1.807) is 0 Å². The summed E-state index contributed by atoms with van der Waals surface area (Å²) in [5, 5.41) is 11.6. The van der Waals surface area contributed by atoms with Crippen LogP contribution in [0.3, 0.4) is 0 Å². The lowest BCUT2D eigenvalue weighted by molar-refractivity contribution is -0.0567. The molecule has 0 saturated heterocycles. The van der Waals surface area contributed by atoms with Gasteiger partial charge in [0.15, 0.2) is 0 Å². The normalized spacial score (nSPS) is 36.2. The monoisotopic (exact) mass is 284 g/mol. The molecule has 0 aromatic heterocycles. The Morgan fingerprint density at radius 1 is 0.857 bits per heavy atom. The average molecular weight is 284 g/mol. The van der Waals surface area contributed by atoms with E-state index in [0.717, 1.165) is 25.2 Å². The molecule has 21 heavy (non-hydrogen) atoms. The molecule has 2 fully saturated rings. The number of hydrogen-bond acceptors (Lipinski definition) is 1. The number of benzene rings is 1. The second-order valence-electron chi connectivity index (χ2n) is 7.85. The molecule has 4 rings (SSSR count). The second-order valence-corrected chi connectivity index (χ2v) is 7.85. The standard InChI is InChI=1S/C20H28O/c21-20(14-15-6-2-1-3-7-15)18-10-11-19(20)13-17-9-5-4-8-16(17)12-18/h4-5,8-9,15,18-19,21H,1-3,6-7,10-14H2. The first kappa shape index (κ1) is 13.8. The number of rotatable bonds is 2. The van der Waals surface area contributed by atoms with Crippen molar-refractivity contribution < 1.29 is 5.11 Å². The summed E-state index contributed by atoms with van der Waals surface area (Å²) in [6, 6.07) is 8.91. The van der Waals surface area contributed by atoms with Crippen LogP contribution in [0.4, 0.5) is 0 Å². The van der Waals surface area contributed by atoms with E-state index < -0.39 is 0 Å². The van der Waals surface area contributed by atoms with E-state index in [4.69, 9.17) is 0 Å². The highest BCUT2D eigenvalue weighted by molar-refractivity contribution is 5.31. The van der Waals surface area contributed by atoms with Crippen LogP contribution in [0.2, 0.25) is 0 Å². The zero-order valence-corrected chi connectivity index (χ0v) is 13.1. The summed E-state index contributed by atoms with van der Waals surface area (Å²) in [6.07, 6.45) is 12.7. The Hall–Kier alpha value is -0.820. The first-order valence-corrected chi connectivity index (χ1v) is 9.05. The van der Waals surface area contributed by atoms with E-state index in [0.29, 0.717) is 11.8 Å². The highest BCUT2D eigenvalue weighted by Crippen LogP contribution is 2.51. The lowest BCUT2D eigenvalue weighted by Gasteiger charge is -2.38. The second kappa shape index (κ2) is 5.43. The van der Waals surface area contributed by atoms with Gasteiger partial charge in [0.1, 0.15) is 0 Å². The van der Waals surface area contributed by atoms with Gasteiger partial charge in [-0.05, 0) is 61.0 Å². The van der Waals surface area contributed by atoms with Gasteiger partial charge in [-0.1, -0.05) is 56.4 Å². The van der Waals surface area contributed by atoms with Crippen LogP contribution in [0.1, 0.15) is 62.5 Å². The van der Waals surface area contributed by atoms with Crippen LogP contribution in [0, 0.1) is 17.8 Å². The minimum atomic E-state index is -0.374. The summed E-state index contributed by atoms with van der Waals surface area (Å²) in [6.45, 7) is 0. The average Bonchev–Trinajstić information content (AvgIpc) is 2.71. The topological polar surface area (TPSA) is 20.2 Å². The molecule has 1 aromatic carbocycles. The number of aliphatic hydroxyl groups is 1. The Bertz CT molecular complexity index is 467. The number of fused-ring (bicyclic) bond motifs is 3. The molecule has 0 spiro atoms. The molecule has 2 bridgehead atoms. The predicted molar refractivity (Wildman–Crippen MR) is 86.2 cm³/mol. The van der Waals surface area contributed by atoms with Crippen LogP contribution in [0.15, 0.2) is 24.3 Å². The summed E-state index contributed by atoms with van der Waals surface area (Å²) < 4.78 is 0. The molecule has 0 radical (unpaired) electrons. The minimum Gasteiger partial charge on any atom is -0.389 e. The molecular weight excluding hydrogens is 256 g/mol. The Labute approximate surface area is 128 Å². The summed E-state index contributed by atoms with van der Waals surface area (Å²) in [5.41, 5.74) is 2.64. The fourth-order valence-corrected chi connectivity index (χ4v) is 5.47. The van der Waals surface area contributed by atoms with Crippen LogP contribution >= 0.6 is 0 Å². The van der Waals surface area contributed by atoms with Crippen LogP contribution in [-0.4, -0.2) is 10.7 Å². The molecule has 0 aliphatic heterocycles. The first-order valence-electron chi connectivity index (χ1n) is 9.05. The van der Waals surface area contributed by atoms with E-state index >= 15 is 0 Å². The van der Waals surface area contributed by atoms with Gasteiger partial charge in [-0.3, -0.25) is 0 Å². The lowest BCUT2D eigenvalue weighted by atomic mass is 9.72. The van der Waals surface area contributed by atoms with Crippen molar-refractivity contribution in [2.24, 2.45) is 17.8 Å². The van der Waals surface area contributed by atoms with Crippen molar-refractivity contribution in [3.63, 3.8) is 0 Å². The van der Waals surface area contributed by atoms with E-state index in [1.807, 2.05) is 0 Å². The minimum absolute atomic E-state index is 0.374. The zero-order chi connectivity index (χ0) is 14.3. The molecule has 2 atom stereocenters. The third kappa shape index (κ3) is 2.44. The number of hydrogen-bond donors (Lipinski definition) is 1. The van der Waals surface area contributed by atoms with Crippen LogP contribution in [0.25, 0.3) is 0 Å². The smallest absolute Gasteiger partial charge is 0.0712 e. The molecule has 3 aliphatic rings. The van der Waals surface area contributed by atoms with Gasteiger partial charge in [-0.2, -0.15) is 0 Å². The van der Waals surface area contributed by atoms with Crippen molar-refractivity contribution in [2.75, 3.05) is 0 Å². The molecule has 1 nitrogen and oxygen atoms in total. The van der Waals surface area contributed by atoms with Gasteiger partial charge in [0.25, 0.3) is 0 Å². The van der Waals surface area contributed by atoms with E-state index in [-0.39, 0.29) is 5.60 Å². The molecule has 0 amide bonds. The molecule has 2 saturated carbocycles. The maximum Gasteiger partial charge on any atom is 0.0712 e. The third-order valence-electron chi connectivity index (χ3n) is 6.67. The molecule has 1 N–H and O–H groups in total. The Kier molecular flexibility index (Phi) is 3.57. The zero-order valence-electron chi connectivity index (χ0n) is 13.1. The molecule has 1 aromatic rings. The summed E-state index contributed by atoms with van der Waals surface area (Å²) in [7, 11) is 0. The van der Waals surface area contributed by atoms with Crippen molar-refractivity contribution in [3.05, 3.63) is 35.4 Å². The first-order chi connectivity index (χ1) is 10.3. The molecule has 114 valence electrons. The van der Waals surface area contributed by atoms with Crippen molar-refractivity contribution in [2.45, 2.75) is 69.8 Å². The molecule has 3 aliphatic carbocycles. The van der Waals surface area contributed by atoms with Gasteiger partial charge in [0.2, 0.25) is 0 Å². The van der Waals surface area contributed by atoms with Crippen LogP contribution < -0.4 is 0 Å². The van der Waals surface area contributed by atoms with E-state index in [1.165, 1.54) is 56.1 Å². The van der Waals surface area contributed by atoms with Gasteiger partial charge in [0.05, 0.1) is 5.60 Å². The quantitative estimate of drug-likeness (QED) is 0.847. The summed E-state index contributed by atoms with van der Waals surface area (Å²) >= 11 is 0. The third-order valence-corrected chi connectivity index (χ3v) is 6.67. The summed E-state index contributed by atoms with van der Waals surface area (Å²) in [5.74, 6) is 1.80. The molecule has 0 heterocycles. The fraction of sp³-hybridized carbons (Fsp3) is 0.700. The Morgan fingerprint density at radius 3 is 2.00 bits per heavy atom. The van der Waals surface area contributed by atoms with Crippen molar-refractivity contribution in [1.29, 1.82) is 0 Å². The van der Waals surface area contributed by atoms with Crippen LogP contribution in [0.5, 0.6) is 0 Å². The van der Waals surface area contributed by atoms with E-state index in [2.05, 4.69) is 24.3 Å². The van der Waals surface area contributed by atoms with Gasteiger partial charge < -0.3 is 5.11 Å². The van der Waals surface area contributed by atoms with Crippen molar-refractivity contribution >= 4 is 0 Å². The highest BCUT2D eigenvalue weighted by atomic mass is 16.3. The fourth-order valence-electron chi connectivity index (χ4n) is 5.47. The highest BCUT2D eigenvalue weighted by Gasteiger charge is 2.50. The van der Waals surface area contributed by atoms with Gasteiger partial charge in [-0.25, -0.2) is 0 Å². The van der Waals surface area contributed by atoms with Gasteiger partial charge in [-0.15, -0.1) is 0 Å². The summed E-state index contributed by atoms with van der Waals surface area (Å²) in [4.78, 5) is 0. The predicted octanol–water partition coefficient (Wildman–Crippen LogP) is 4.51. The van der Waals surface area contributed by atoms with Crippen LogP contribution in [-0.2, 0) is 12.8 Å². The molecular formula is C20H28O.